The molecule has 0 fully saturated rings. The molecule has 8 heterocycles. The van der Waals surface area contributed by atoms with Gasteiger partial charge in [-0.15, -0.1) is 37.2 Å². The molecule has 0 aromatic carbocycles. The average molecular weight is 1560 g/mol. The number of anilines is 2. The molecule has 0 saturated heterocycles. The van der Waals surface area contributed by atoms with Crippen LogP contribution in [-0.4, -0.2) is 59.5 Å². The van der Waals surface area contributed by atoms with Crippen LogP contribution in [0, 0.1) is 52.6 Å². The molecule has 15 nitrogen and oxygen atoms in total. The quantitative estimate of drug-likeness (QED) is 0.0357. The number of rotatable bonds is 2. The first-order valence-corrected chi connectivity index (χ1v) is 34.5. The first kappa shape index (κ1) is 67.3. The maximum Gasteiger partial charge on any atom is 0.331 e. The van der Waals surface area contributed by atoms with E-state index in [2.05, 4.69) is 197 Å². The van der Waals surface area contributed by atoms with Gasteiger partial charge in [-0.25, -0.2) is 29.7 Å². The Labute approximate surface area is 498 Å². The number of carbonyl (C=O) groups excluding carboxylic acids is 1. The van der Waals surface area contributed by atoms with E-state index in [1.807, 2.05) is 32.9 Å². The lowest BCUT2D eigenvalue weighted by atomic mass is 10.2. The zero-order chi connectivity index (χ0) is 56.9. The van der Waals surface area contributed by atoms with Crippen LogP contribution < -0.4 is 28.1 Å². The summed E-state index contributed by atoms with van der Waals surface area (Å²) >= 11 is 16.2. The third kappa shape index (κ3) is 28.1. The first-order chi connectivity index (χ1) is 35.3. The van der Waals surface area contributed by atoms with Crippen LogP contribution in [0.3, 0.4) is 0 Å². The molecule has 7 N–H and O–H groups in total. The summed E-state index contributed by atoms with van der Waals surface area (Å²) in [4.78, 5) is 71.9. The van der Waals surface area contributed by atoms with Crippen LogP contribution >= 0.6 is 108 Å². The van der Waals surface area contributed by atoms with Crippen molar-refractivity contribution in [1.82, 2.24) is 39.9 Å². The summed E-state index contributed by atoms with van der Waals surface area (Å²) in [5.41, 5.74) is 16.7. The molecule has 0 amide bonds. The number of nitrogens with two attached hydrogens (primary N) is 2. The highest BCUT2D eigenvalue weighted by molar-refractivity contribution is 15.0. The topological polar surface area (TPSA) is 241 Å². The second kappa shape index (κ2) is 34.8. The van der Waals surface area contributed by atoms with Gasteiger partial charge in [0, 0.05) is 139 Å². The summed E-state index contributed by atoms with van der Waals surface area (Å²) < 4.78 is 8.77. The summed E-state index contributed by atoms with van der Waals surface area (Å²) in [6.45, 7) is 13.5. The van der Waals surface area contributed by atoms with Gasteiger partial charge in [-0.3, -0.25) is 14.4 Å². The molecule has 0 aliphatic carbocycles. The predicted octanol–water partition coefficient (Wildman–Crippen LogP) is 12.2. The van der Waals surface area contributed by atoms with Crippen molar-refractivity contribution in [2.45, 2.75) is 52.9 Å². The van der Waals surface area contributed by atoms with Crippen LogP contribution in [0.4, 0.5) is 11.6 Å². The lowest BCUT2D eigenvalue weighted by Gasteiger charge is -2.17. The van der Waals surface area contributed by atoms with Gasteiger partial charge in [0.1, 0.15) is 42.3 Å². The van der Waals surface area contributed by atoms with Crippen LogP contribution in [0.5, 0.6) is 0 Å². The number of nitrogens with zero attached hydrogens (tertiary/aromatic N) is 5. The van der Waals surface area contributed by atoms with E-state index in [4.69, 9.17) is 35.5 Å². The molecule has 0 atom stereocenters. The highest BCUT2D eigenvalue weighted by atomic mass is 128. The zero-order valence-corrected chi connectivity index (χ0v) is 53.6. The van der Waals surface area contributed by atoms with Gasteiger partial charge >= 0.3 is 5.97 Å². The van der Waals surface area contributed by atoms with E-state index in [0.29, 0.717) is 45.3 Å². The van der Waals surface area contributed by atoms with Crippen LogP contribution in [0.25, 0.3) is 39.2 Å². The molecule has 8 aromatic rings. The molecule has 0 aliphatic heterocycles. The number of ether oxygens (including phenoxy) is 1. The second-order valence-electron chi connectivity index (χ2n) is 16.4. The van der Waals surface area contributed by atoms with E-state index >= 15 is 0 Å². The number of pyridine rings is 8. The monoisotopic (exact) mass is 1550 g/mol. The zero-order valence-electron chi connectivity index (χ0n) is 41.4. The minimum absolute atomic E-state index is 0.127. The number of H-pyrrole nitrogens is 3. The molecule has 8 rings (SSSR count). The minimum Gasteiger partial charge on any atom is -0.457 e. The van der Waals surface area contributed by atoms with Gasteiger partial charge in [-0.1, -0.05) is 31.5 Å². The lowest BCUT2D eigenvalue weighted by molar-refractivity contribution is -0.148. The van der Waals surface area contributed by atoms with E-state index in [9.17, 15) is 19.2 Å². The highest BCUT2D eigenvalue weighted by Crippen LogP contribution is 2.19. The number of nitrogens with one attached hydrogen (secondary N) is 3. The number of fused-ring (bicyclic) bond motifs is 3. The van der Waals surface area contributed by atoms with Gasteiger partial charge in [0.15, 0.2) is 0 Å². The SMILES string of the molecule is C#CC.C#C[Si](C)(C)C.C#Cc1cnc2[nH]c(=O)ccc2c1.C#Cc1cnc2[nH]c(=O)ccc2c1.CC(C)(C)OC(=O)/C=C/c1cc(Br)cnc1N.II.Nc1ncc(Br)cc1I.O=c1ccc2cc(Br)cnc2[nH]1. The molecule has 22 heteroatoms. The average Bonchev–Trinajstić information content (AvgIpc) is 3.36. The maximum atomic E-state index is 11.4. The van der Waals surface area contributed by atoms with E-state index in [1.165, 1.54) is 24.3 Å². The number of halogens is 6. The van der Waals surface area contributed by atoms with Crippen LogP contribution in [0.15, 0.2) is 132 Å². The molecular weight excluding hydrogens is 1510 g/mol. The Kier molecular flexibility index (Phi) is 31.2. The Balaban J connectivity index is 0.000000451. The van der Waals surface area contributed by atoms with Gasteiger partial charge < -0.3 is 31.2 Å². The molecule has 0 spiro atoms. The van der Waals surface area contributed by atoms with E-state index in [0.717, 1.165) is 33.1 Å². The van der Waals surface area contributed by atoms with Crippen LogP contribution in [0.2, 0.25) is 19.6 Å². The van der Waals surface area contributed by atoms with Crippen molar-refractivity contribution in [2.24, 2.45) is 0 Å². The molecule has 0 radical (unpaired) electrons. The standard InChI is InChI=1S/C12H15BrN2O2.2C10H6N2O.C8H5BrN2O.C5H4BrIN2.C5H10Si.C3H4.I2/c1-12(2,3)17-10(16)5-4-8-6-9(13)7-15-11(8)14;2*1-2-7-5-8-3-4-9(13)12-10(8)11-6-7;9-6-3-5-1-2-7(12)11-8(5)10-4-6;6-3-1-4(7)5(8)9-2-3;1-5-6(2,3)4;1-3-2;1-2/h4-7H,1-3H3,(H2,14,15);2*1,3-6H,(H,11,12,13);1-4H,(H,10,11,12);1-2H,(H2,8,9);1H,2-4H3;1H,2H3;/b5-4+;;;;;;;. The largest absolute Gasteiger partial charge is 0.457 e. The third-order valence-electron chi connectivity index (χ3n) is 8.01. The molecule has 8 aromatic heterocycles. The second-order valence-corrected chi connectivity index (χ2v) is 25.1. The summed E-state index contributed by atoms with van der Waals surface area (Å²) in [6, 6.07) is 18.7. The fourth-order valence-corrected chi connectivity index (χ4v) is 6.69. The summed E-state index contributed by atoms with van der Waals surface area (Å²) in [7, 11) is -1.10. The fraction of sp³-hybridized carbons (Fsp3) is 0.151. The third-order valence-corrected chi connectivity index (χ3v) is 11.0. The number of carbonyl (C=O) groups is 1. The smallest absolute Gasteiger partial charge is 0.331 e. The van der Waals surface area contributed by atoms with Crippen LogP contribution in [0.1, 0.15) is 44.4 Å². The Hall–Kier alpha value is -5.72. The molecule has 0 aliphatic rings. The van der Waals surface area contributed by atoms with Crippen molar-refractivity contribution in [2.75, 3.05) is 11.5 Å². The van der Waals surface area contributed by atoms with Gasteiger partial charge in [-0.05, 0) is 153 Å². The predicted molar refractivity (Wildman–Crippen MR) is 346 cm³/mol. The maximum absolute atomic E-state index is 11.4. The Bertz CT molecular complexity index is 3470. The van der Waals surface area contributed by atoms with Crippen molar-refractivity contribution in [1.29, 1.82) is 0 Å². The first-order valence-electron chi connectivity index (χ1n) is 21.2. The lowest BCUT2D eigenvalue weighted by Crippen LogP contribution is -2.22. The molecule has 0 saturated carbocycles. The van der Waals surface area contributed by atoms with Gasteiger partial charge in [0.2, 0.25) is 16.7 Å². The molecule has 388 valence electrons. The molecule has 0 unspecified atom stereocenters. The van der Waals surface area contributed by atoms with Gasteiger partial charge in [0.05, 0.1) is 3.57 Å². The van der Waals surface area contributed by atoms with Crippen LogP contribution in [-0.2, 0) is 9.53 Å². The Morgan fingerprint density at radius 1 is 0.640 bits per heavy atom. The minimum atomic E-state index is -1.10. The molecular formula is C53H50Br3I3N10O5Si. The summed E-state index contributed by atoms with van der Waals surface area (Å²) in [6.07, 6.45) is 31.1. The molecule has 75 heavy (non-hydrogen) atoms. The number of hydrogen-bond acceptors (Lipinski definition) is 12. The number of terminal acetylenes is 4. The Morgan fingerprint density at radius 2 is 1.00 bits per heavy atom. The van der Waals surface area contributed by atoms with E-state index in [-0.39, 0.29) is 16.7 Å². The number of hydrogen-bond donors (Lipinski definition) is 5. The van der Waals surface area contributed by atoms with Gasteiger partial charge in [-0.2, -0.15) is 0 Å². The van der Waals surface area contributed by atoms with Crippen molar-refractivity contribution in [3.63, 3.8) is 0 Å². The molecule has 0 bridgehead atoms. The van der Waals surface area contributed by atoms with Crippen molar-refractivity contribution in [3.05, 3.63) is 169 Å². The van der Waals surface area contributed by atoms with Crippen molar-refractivity contribution < 1.29 is 9.53 Å². The van der Waals surface area contributed by atoms with Gasteiger partial charge in [0.25, 0.3) is 0 Å². The number of nitrogen functional groups attached to an aromatic ring is 2. The van der Waals surface area contributed by atoms with E-state index in [1.54, 1.807) is 80.4 Å². The van der Waals surface area contributed by atoms with E-state index < -0.39 is 19.6 Å². The number of esters is 1. The summed E-state index contributed by atoms with van der Waals surface area (Å²) in [5, 5.41) is 2.61. The number of aromatic nitrogens is 8. The normalized spacial score (nSPS) is 9.88. The number of aromatic amines is 3. The van der Waals surface area contributed by atoms with Crippen molar-refractivity contribution >= 4 is 172 Å². The van der Waals surface area contributed by atoms with Crippen molar-refractivity contribution in [3.8, 4) is 49.0 Å². The highest BCUT2D eigenvalue weighted by Gasteiger charge is 2.14. The Morgan fingerprint density at radius 3 is 1.37 bits per heavy atom. The summed E-state index contributed by atoms with van der Waals surface area (Å²) in [5.74, 6) is 7.75. The fourth-order valence-electron chi connectivity index (χ4n) is 4.76.